The summed E-state index contributed by atoms with van der Waals surface area (Å²) < 4.78 is 11.0. The van der Waals surface area contributed by atoms with Crippen LogP contribution in [-0.2, 0) is 11.3 Å². The molecule has 1 saturated heterocycles. The minimum atomic E-state index is 0.127. The van der Waals surface area contributed by atoms with E-state index in [2.05, 4.69) is 15.0 Å². The Kier molecular flexibility index (Phi) is 5.10. The Morgan fingerprint density at radius 1 is 1.25 bits per heavy atom. The minimum absolute atomic E-state index is 0.127. The van der Waals surface area contributed by atoms with Crippen LogP contribution in [0.25, 0.3) is 11.4 Å². The summed E-state index contributed by atoms with van der Waals surface area (Å²) >= 11 is 0. The zero-order chi connectivity index (χ0) is 16.9. The lowest BCUT2D eigenvalue weighted by Gasteiger charge is -2.33. The topological polar surface area (TPSA) is 71.7 Å². The first-order chi connectivity index (χ1) is 11.7. The van der Waals surface area contributed by atoms with Gasteiger partial charge in [-0.15, -0.1) is 0 Å². The summed E-state index contributed by atoms with van der Waals surface area (Å²) in [6, 6.07) is 7.67. The molecule has 0 saturated carbocycles. The fourth-order valence-electron chi connectivity index (χ4n) is 2.77. The fraction of sp³-hybridized carbons (Fsp3) is 0.471. The summed E-state index contributed by atoms with van der Waals surface area (Å²) in [6.07, 6.45) is 0. The van der Waals surface area contributed by atoms with Gasteiger partial charge in [0.15, 0.2) is 0 Å². The van der Waals surface area contributed by atoms with E-state index >= 15 is 0 Å². The van der Waals surface area contributed by atoms with Gasteiger partial charge in [-0.1, -0.05) is 17.3 Å². The van der Waals surface area contributed by atoms with Crippen molar-refractivity contribution in [3.63, 3.8) is 0 Å². The maximum absolute atomic E-state index is 11.4. The Labute approximate surface area is 141 Å². The largest absolute Gasteiger partial charge is 0.493 e. The highest BCUT2D eigenvalue weighted by atomic mass is 16.5. The standard InChI is InChI=1S/C17H22N4O3/c1-3-23-15-7-5-4-6-14(15)17-18-16(24-19-17)12-20-8-10-21(11-9-20)13(2)22/h4-7H,3,8-12H2,1-2H3. The van der Waals surface area contributed by atoms with Crippen molar-refractivity contribution in [1.29, 1.82) is 0 Å². The van der Waals surface area contributed by atoms with Crippen LogP contribution in [0.1, 0.15) is 19.7 Å². The SMILES string of the molecule is CCOc1ccccc1-c1noc(CN2CCN(C(C)=O)CC2)n1. The first-order valence-corrected chi connectivity index (χ1v) is 8.20. The lowest BCUT2D eigenvalue weighted by molar-refractivity contribution is -0.130. The lowest BCUT2D eigenvalue weighted by Crippen LogP contribution is -2.47. The van der Waals surface area contributed by atoms with Crippen LogP contribution < -0.4 is 4.74 Å². The van der Waals surface area contributed by atoms with E-state index in [1.54, 1.807) is 6.92 Å². The Balaban J connectivity index is 1.65. The van der Waals surface area contributed by atoms with Gasteiger partial charge >= 0.3 is 0 Å². The summed E-state index contributed by atoms with van der Waals surface area (Å²) in [5, 5.41) is 4.08. The Bertz CT molecular complexity index is 693. The minimum Gasteiger partial charge on any atom is -0.493 e. The van der Waals surface area contributed by atoms with Gasteiger partial charge in [-0.2, -0.15) is 4.98 Å². The van der Waals surface area contributed by atoms with Crippen LogP contribution in [0.4, 0.5) is 0 Å². The summed E-state index contributed by atoms with van der Waals surface area (Å²) in [6.45, 7) is 7.83. The van der Waals surface area contributed by atoms with Gasteiger partial charge in [0, 0.05) is 33.1 Å². The van der Waals surface area contributed by atoms with Crippen molar-refractivity contribution < 1.29 is 14.1 Å². The number of aromatic nitrogens is 2. The van der Waals surface area contributed by atoms with Gasteiger partial charge in [-0.25, -0.2) is 0 Å². The van der Waals surface area contributed by atoms with E-state index in [1.807, 2.05) is 36.1 Å². The molecule has 1 aromatic carbocycles. The highest BCUT2D eigenvalue weighted by Crippen LogP contribution is 2.27. The molecule has 24 heavy (non-hydrogen) atoms. The third-order valence-corrected chi connectivity index (χ3v) is 4.07. The van der Waals surface area contributed by atoms with Crippen molar-refractivity contribution in [2.45, 2.75) is 20.4 Å². The highest BCUT2D eigenvalue weighted by Gasteiger charge is 2.21. The first-order valence-electron chi connectivity index (χ1n) is 8.20. The van der Waals surface area contributed by atoms with Crippen molar-refractivity contribution >= 4 is 5.91 Å². The van der Waals surface area contributed by atoms with E-state index in [9.17, 15) is 4.79 Å². The van der Waals surface area contributed by atoms with Crippen LogP contribution in [0.15, 0.2) is 28.8 Å². The third kappa shape index (κ3) is 3.73. The van der Waals surface area contributed by atoms with Gasteiger partial charge in [0.05, 0.1) is 18.7 Å². The zero-order valence-electron chi connectivity index (χ0n) is 14.1. The molecule has 0 aliphatic carbocycles. The smallest absolute Gasteiger partial charge is 0.241 e. The van der Waals surface area contributed by atoms with E-state index in [4.69, 9.17) is 9.26 Å². The molecule has 0 radical (unpaired) electrons. The molecule has 128 valence electrons. The molecular weight excluding hydrogens is 308 g/mol. The number of piperazine rings is 1. The molecule has 0 N–H and O–H groups in total. The van der Waals surface area contributed by atoms with Crippen molar-refractivity contribution in [3.8, 4) is 17.1 Å². The second-order valence-corrected chi connectivity index (χ2v) is 5.72. The molecule has 2 heterocycles. The average molecular weight is 330 g/mol. The van der Waals surface area contributed by atoms with Crippen LogP contribution >= 0.6 is 0 Å². The number of nitrogens with zero attached hydrogens (tertiary/aromatic N) is 4. The van der Waals surface area contributed by atoms with Crippen molar-refractivity contribution in [2.24, 2.45) is 0 Å². The molecular formula is C17H22N4O3. The fourth-order valence-corrected chi connectivity index (χ4v) is 2.77. The molecule has 2 aromatic rings. The molecule has 0 bridgehead atoms. The van der Waals surface area contributed by atoms with Crippen LogP contribution in [-0.4, -0.2) is 58.6 Å². The number of hydrogen-bond acceptors (Lipinski definition) is 6. The third-order valence-electron chi connectivity index (χ3n) is 4.07. The van der Waals surface area contributed by atoms with Crippen LogP contribution in [0.5, 0.6) is 5.75 Å². The summed E-state index contributed by atoms with van der Waals surface area (Å²) in [5.41, 5.74) is 0.829. The van der Waals surface area contributed by atoms with Gasteiger partial charge in [0.1, 0.15) is 5.75 Å². The Morgan fingerprint density at radius 2 is 2.00 bits per heavy atom. The van der Waals surface area contributed by atoms with Gasteiger partial charge in [0.25, 0.3) is 0 Å². The van der Waals surface area contributed by atoms with Gasteiger partial charge < -0.3 is 14.2 Å². The number of carbonyl (C=O) groups is 1. The summed E-state index contributed by atoms with van der Waals surface area (Å²) in [5.74, 6) is 1.99. The highest BCUT2D eigenvalue weighted by molar-refractivity contribution is 5.73. The van der Waals surface area contributed by atoms with Crippen molar-refractivity contribution in [3.05, 3.63) is 30.2 Å². The average Bonchev–Trinajstić information content (AvgIpc) is 3.04. The van der Waals surface area contributed by atoms with Gasteiger partial charge in [-0.05, 0) is 19.1 Å². The predicted octanol–water partition coefficient (Wildman–Crippen LogP) is 1.80. The molecule has 1 aliphatic heterocycles. The normalized spacial score (nSPS) is 15.5. The number of amides is 1. The Morgan fingerprint density at radius 3 is 2.71 bits per heavy atom. The van der Waals surface area contributed by atoms with E-state index < -0.39 is 0 Å². The van der Waals surface area contributed by atoms with Crippen LogP contribution in [0, 0.1) is 0 Å². The number of rotatable bonds is 5. The van der Waals surface area contributed by atoms with Crippen LogP contribution in [0.2, 0.25) is 0 Å². The van der Waals surface area contributed by atoms with E-state index in [1.165, 1.54) is 0 Å². The molecule has 1 aromatic heterocycles. The molecule has 7 nitrogen and oxygen atoms in total. The summed E-state index contributed by atoms with van der Waals surface area (Å²) in [7, 11) is 0. The number of para-hydroxylation sites is 1. The van der Waals surface area contributed by atoms with E-state index in [0.29, 0.717) is 24.9 Å². The van der Waals surface area contributed by atoms with Crippen molar-refractivity contribution in [1.82, 2.24) is 19.9 Å². The zero-order valence-corrected chi connectivity index (χ0v) is 14.1. The molecule has 0 unspecified atom stereocenters. The first kappa shape index (κ1) is 16.4. The number of carbonyl (C=O) groups excluding carboxylic acids is 1. The molecule has 1 amide bonds. The Hall–Kier alpha value is -2.41. The monoisotopic (exact) mass is 330 g/mol. The lowest BCUT2D eigenvalue weighted by atomic mass is 10.2. The second-order valence-electron chi connectivity index (χ2n) is 5.72. The maximum Gasteiger partial charge on any atom is 0.241 e. The molecule has 7 heteroatoms. The molecule has 0 atom stereocenters. The van der Waals surface area contributed by atoms with Gasteiger partial charge in [0.2, 0.25) is 17.6 Å². The molecule has 1 aliphatic rings. The van der Waals surface area contributed by atoms with Gasteiger partial charge in [-0.3, -0.25) is 9.69 Å². The summed E-state index contributed by atoms with van der Waals surface area (Å²) in [4.78, 5) is 19.9. The number of ether oxygens (including phenoxy) is 1. The number of benzene rings is 1. The molecule has 1 fully saturated rings. The van der Waals surface area contributed by atoms with Crippen LogP contribution in [0.3, 0.4) is 0 Å². The van der Waals surface area contributed by atoms with E-state index in [0.717, 1.165) is 37.5 Å². The predicted molar refractivity (Wildman–Crippen MR) is 88.4 cm³/mol. The second kappa shape index (κ2) is 7.44. The molecule has 3 rings (SSSR count). The molecule has 0 spiro atoms. The number of hydrogen-bond donors (Lipinski definition) is 0. The van der Waals surface area contributed by atoms with E-state index in [-0.39, 0.29) is 5.91 Å². The van der Waals surface area contributed by atoms with Crippen molar-refractivity contribution in [2.75, 3.05) is 32.8 Å². The maximum atomic E-state index is 11.4. The quantitative estimate of drug-likeness (QED) is 0.832.